The van der Waals surface area contributed by atoms with Crippen LogP contribution in [0.3, 0.4) is 0 Å². The molecule has 7 nitrogen and oxygen atoms in total. The van der Waals surface area contributed by atoms with Crippen LogP contribution in [0.5, 0.6) is 11.5 Å². The molecule has 0 aliphatic carbocycles. The third kappa shape index (κ3) is 4.45. The van der Waals surface area contributed by atoms with Crippen molar-refractivity contribution in [1.82, 2.24) is 4.90 Å². The smallest absolute Gasteiger partial charge is 0.322 e. The molecule has 1 atom stereocenters. The minimum atomic E-state index is -0.462. The van der Waals surface area contributed by atoms with Crippen LogP contribution in [-0.2, 0) is 16.0 Å². The summed E-state index contributed by atoms with van der Waals surface area (Å²) >= 11 is 0. The van der Waals surface area contributed by atoms with Gasteiger partial charge in [-0.2, -0.15) is 0 Å². The van der Waals surface area contributed by atoms with Crippen LogP contribution in [0.4, 0.5) is 10.5 Å². The van der Waals surface area contributed by atoms with Gasteiger partial charge in [0, 0.05) is 12.2 Å². The van der Waals surface area contributed by atoms with Crippen LogP contribution in [0.2, 0.25) is 0 Å². The Bertz CT molecular complexity index is 912. The van der Waals surface area contributed by atoms with Crippen LogP contribution in [0.15, 0.2) is 36.4 Å². The first-order chi connectivity index (χ1) is 14.0. The highest BCUT2D eigenvalue weighted by atomic mass is 16.5. The SMILES string of the molecule is COC(=O)CC1c2cc(OC)c(OC)cc2CCN1C(=O)Nc1cccc(C)c1. The van der Waals surface area contributed by atoms with Gasteiger partial charge in [0.05, 0.1) is 33.8 Å². The first kappa shape index (κ1) is 20.5. The number of rotatable bonds is 5. The van der Waals surface area contributed by atoms with E-state index in [0.717, 1.165) is 16.7 Å². The number of anilines is 1. The molecular weight excluding hydrogens is 372 g/mol. The molecule has 2 aromatic carbocycles. The fourth-order valence-electron chi connectivity index (χ4n) is 3.65. The number of carbonyl (C=O) groups is 2. The van der Waals surface area contributed by atoms with Crippen molar-refractivity contribution in [3.63, 3.8) is 0 Å². The van der Waals surface area contributed by atoms with Gasteiger partial charge in [0.2, 0.25) is 0 Å². The average molecular weight is 398 g/mol. The molecule has 0 bridgehead atoms. The zero-order chi connectivity index (χ0) is 21.0. The van der Waals surface area contributed by atoms with E-state index in [1.54, 1.807) is 19.1 Å². The van der Waals surface area contributed by atoms with Crippen molar-refractivity contribution in [3.05, 3.63) is 53.1 Å². The Morgan fingerprint density at radius 1 is 1.10 bits per heavy atom. The molecular formula is C22H26N2O5. The van der Waals surface area contributed by atoms with E-state index in [-0.39, 0.29) is 18.4 Å². The van der Waals surface area contributed by atoms with Crippen LogP contribution < -0.4 is 14.8 Å². The third-order valence-corrected chi connectivity index (χ3v) is 5.12. The summed E-state index contributed by atoms with van der Waals surface area (Å²) in [4.78, 5) is 26.8. The summed E-state index contributed by atoms with van der Waals surface area (Å²) < 4.78 is 15.7. The number of carbonyl (C=O) groups excluding carboxylic acids is 2. The zero-order valence-corrected chi connectivity index (χ0v) is 17.2. The van der Waals surface area contributed by atoms with E-state index in [4.69, 9.17) is 14.2 Å². The maximum atomic E-state index is 13.1. The summed E-state index contributed by atoms with van der Waals surface area (Å²) in [6, 6.07) is 10.6. The first-order valence-electron chi connectivity index (χ1n) is 9.42. The van der Waals surface area contributed by atoms with Gasteiger partial charge in [-0.15, -0.1) is 0 Å². The molecule has 1 aliphatic heterocycles. The zero-order valence-electron chi connectivity index (χ0n) is 17.2. The lowest BCUT2D eigenvalue weighted by molar-refractivity contribution is -0.141. The van der Waals surface area contributed by atoms with Crippen molar-refractivity contribution in [2.24, 2.45) is 0 Å². The number of nitrogens with one attached hydrogen (secondary N) is 1. The Balaban J connectivity index is 1.95. The number of ether oxygens (including phenoxy) is 3. The highest BCUT2D eigenvalue weighted by Gasteiger charge is 2.34. The lowest BCUT2D eigenvalue weighted by Crippen LogP contribution is -2.43. The average Bonchev–Trinajstić information content (AvgIpc) is 2.72. The minimum Gasteiger partial charge on any atom is -0.493 e. The van der Waals surface area contributed by atoms with Crippen LogP contribution in [0, 0.1) is 6.92 Å². The number of esters is 1. The summed E-state index contributed by atoms with van der Waals surface area (Å²) in [5.74, 6) is 0.800. The predicted octanol–water partition coefficient (Wildman–Crippen LogP) is 3.71. The maximum absolute atomic E-state index is 13.1. The number of methoxy groups -OCH3 is 3. The van der Waals surface area contributed by atoms with E-state index in [9.17, 15) is 9.59 Å². The Hall–Kier alpha value is -3.22. The second-order valence-corrected chi connectivity index (χ2v) is 6.95. The summed E-state index contributed by atoms with van der Waals surface area (Å²) in [5, 5.41) is 2.93. The third-order valence-electron chi connectivity index (χ3n) is 5.12. The number of fused-ring (bicyclic) bond motifs is 1. The van der Waals surface area contributed by atoms with E-state index in [1.165, 1.54) is 7.11 Å². The Morgan fingerprint density at radius 3 is 2.48 bits per heavy atom. The highest BCUT2D eigenvalue weighted by molar-refractivity contribution is 5.90. The number of aryl methyl sites for hydroxylation is 1. The van der Waals surface area contributed by atoms with Crippen molar-refractivity contribution in [3.8, 4) is 11.5 Å². The second kappa shape index (κ2) is 8.86. The van der Waals surface area contributed by atoms with Crippen molar-refractivity contribution in [2.45, 2.75) is 25.8 Å². The van der Waals surface area contributed by atoms with Gasteiger partial charge in [-0.1, -0.05) is 12.1 Å². The quantitative estimate of drug-likeness (QED) is 0.777. The van der Waals surface area contributed by atoms with Crippen LogP contribution in [0.1, 0.15) is 29.2 Å². The standard InChI is InChI=1S/C22H26N2O5/c1-14-6-5-7-16(10-14)23-22(26)24-9-8-15-11-19(27-2)20(28-3)12-17(15)18(24)13-21(25)29-4/h5-7,10-12,18H,8-9,13H2,1-4H3,(H,23,26). The van der Waals surface area contributed by atoms with Gasteiger partial charge in [-0.3, -0.25) is 4.79 Å². The fourth-order valence-corrected chi connectivity index (χ4v) is 3.65. The van der Waals surface area contributed by atoms with Gasteiger partial charge in [-0.25, -0.2) is 4.79 Å². The molecule has 0 fully saturated rings. The fraction of sp³-hybridized carbons (Fsp3) is 0.364. The van der Waals surface area contributed by atoms with Crippen molar-refractivity contribution in [1.29, 1.82) is 0 Å². The van der Waals surface area contributed by atoms with Gasteiger partial charge in [0.25, 0.3) is 0 Å². The number of hydrogen-bond acceptors (Lipinski definition) is 5. The molecule has 0 aromatic heterocycles. The summed E-state index contributed by atoms with van der Waals surface area (Å²) in [6.45, 7) is 2.44. The molecule has 1 aliphatic rings. The second-order valence-electron chi connectivity index (χ2n) is 6.95. The van der Waals surface area contributed by atoms with E-state index in [2.05, 4.69) is 5.32 Å². The number of nitrogens with zero attached hydrogens (tertiary/aromatic N) is 1. The topological polar surface area (TPSA) is 77.1 Å². The molecule has 154 valence electrons. The Labute approximate surface area is 170 Å². The minimum absolute atomic E-state index is 0.0558. The van der Waals surface area contributed by atoms with E-state index in [1.807, 2.05) is 43.3 Å². The number of amides is 2. The molecule has 1 unspecified atom stereocenters. The molecule has 3 rings (SSSR count). The number of hydrogen-bond donors (Lipinski definition) is 1. The molecule has 0 radical (unpaired) electrons. The van der Waals surface area contributed by atoms with E-state index in [0.29, 0.717) is 30.2 Å². The lowest BCUT2D eigenvalue weighted by atomic mass is 9.90. The van der Waals surface area contributed by atoms with Crippen LogP contribution >= 0.6 is 0 Å². The summed E-state index contributed by atoms with van der Waals surface area (Å²) in [5.41, 5.74) is 3.65. The van der Waals surface area contributed by atoms with Gasteiger partial charge in [-0.05, 0) is 54.3 Å². The lowest BCUT2D eigenvalue weighted by Gasteiger charge is -2.37. The summed E-state index contributed by atoms with van der Waals surface area (Å²) in [6.07, 6.45) is 0.703. The molecule has 0 spiro atoms. The van der Waals surface area contributed by atoms with Gasteiger partial charge in [0.1, 0.15) is 0 Å². The summed E-state index contributed by atoms with van der Waals surface area (Å²) in [7, 11) is 4.49. The Morgan fingerprint density at radius 2 is 1.83 bits per heavy atom. The van der Waals surface area contributed by atoms with Crippen LogP contribution in [-0.4, -0.2) is 44.8 Å². The van der Waals surface area contributed by atoms with Gasteiger partial charge < -0.3 is 24.4 Å². The molecule has 1 N–H and O–H groups in total. The van der Waals surface area contributed by atoms with Gasteiger partial charge in [0.15, 0.2) is 11.5 Å². The van der Waals surface area contributed by atoms with E-state index < -0.39 is 6.04 Å². The monoisotopic (exact) mass is 398 g/mol. The van der Waals surface area contributed by atoms with Gasteiger partial charge >= 0.3 is 12.0 Å². The molecule has 0 saturated heterocycles. The Kier molecular flexibility index (Phi) is 6.26. The highest BCUT2D eigenvalue weighted by Crippen LogP contribution is 2.39. The maximum Gasteiger partial charge on any atom is 0.322 e. The normalized spacial score (nSPS) is 15.3. The first-order valence-corrected chi connectivity index (χ1v) is 9.42. The number of benzene rings is 2. The largest absolute Gasteiger partial charge is 0.493 e. The predicted molar refractivity (Wildman–Crippen MR) is 110 cm³/mol. The van der Waals surface area contributed by atoms with E-state index >= 15 is 0 Å². The van der Waals surface area contributed by atoms with Crippen molar-refractivity contribution in [2.75, 3.05) is 33.2 Å². The molecule has 0 saturated carbocycles. The molecule has 7 heteroatoms. The number of urea groups is 1. The molecule has 29 heavy (non-hydrogen) atoms. The van der Waals surface area contributed by atoms with Crippen LogP contribution in [0.25, 0.3) is 0 Å². The van der Waals surface area contributed by atoms with Crippen molar-refractivity contribution < 1.29 is 23.8 Å². The molecule has 2 aromatic rings. The molecule has 2 amide bonds. The molecule has 1 heterocycles. The van der Waals surface area contributed by atoms with Crippen molar-refractivity contribution >= 4 is 17.7 Å².